The van der Waals surface area contributed by atoms with Gasteiger partial charge in [-0.25, -0.2) is 9.78 Å². The fraction of sp³-hybridized carbons (Fsp3) is 0.222. The molecule has 0 aliphatic rings. The summed E-state index contributed by atoms with van der Waals surface area (Å²) in [5.74, 6) is -0.335. The standard InChI is InChI=1S/C18H19N3O2/c1-4-12-5-6-13(18(22)23-3)9-16(12)20-14-7-8-15-17(10-14)21(2)11-19-15/h5-11,20H,4H2,1-3H3. The number of esters is 1. The van der Waals surface area contributed by atoms with Gasteiger partial charge in [0.1, 0.15) is 0 Å². The number of rotatable bonds is 4. The third-order valence-corrected chi connectivity index (χ3v) is 3.92. The van der Waals surface area contributed by atoms with Crippen LogP contribution in [-0.4, -0.2) is 22.6 Å². The molecule has 0 spiro atoms. The van der Waals surface area contributed by atoms with E-state index in [1.54, 1.807) is 12.4 Å². The molecule has 3 aromatic rings. The van der Waals surface area contributed by atoms with Gasteiger partial charge in [0, 0.05) is 18.4 Å². The molecule has 0 aliphatic heterocycles. The van der Waals surface area contributed by atoms with Crippen LogP contribution in [0.25, 0.3) is 11.0 Å². The maximum absolute atomic E-state index is 11.7. The molecule has 3 rings (SSSR count). The fourth-order valence-electron chi connectivity index (χ4n) is 2.61. The Labute approximate surface area is 134 Å². The number of methoxy groups -OCH3 is 1. The van der Waals surface area contributed by atoms with Crippen molar-refractivity contribution in [1.29, 1.82) is 0 Å². The lowest BCUT2D eigenvalue weighted by Gasteiger charge is -2.13. The largest absolute Gasteiger partial charge is 0.465 e. The Kier molecular flexibility index (Phi) is 4.02. The molecule has 0 amide bonds. The number of imidazole rings is 1. The number of aryl methyl sites for hydroxylation is 2. The van der Waals surface area contributed by atoms with Gasteiger partial charge in [0.2, 0.25) is 0 Å². The first-order valence-corrected chi connectivity index (χ1v) is 7.51. The quantitative estimate of drug-likeness (QED) is 0.747. The zero-order chi connectivity index (χ0) is 16.4. The van der Waals surface area contributed by atoms with Crippen molar-refractivity contribution in [3.63, 3.8) is 0 Å². The summed E-state index contributed by atoms with van der Waals surface area (Å²) in [6, 6.07) is 11.6. The molecule has 0 bridgehead atoms. The molecule has 23 heavy (non-hydrogen) atoms. The van der Waals surface area contributed by atoms with Crippen LogP contribution in [0.2, 0.25) is 0 Å². The van der Waals surface area contributed by atoms with Crippen LogP contribution in [0.4, 0.5) is 11.4 Å². The number of anilines is 2. The van der Waals surface area contributed by atoms with E-state index in [9.17, 15) is 4.79 Å². The van der Waals surface area contributed by atoms with Gasteiger partial charge in [-0.1, -0.05) is 13.0 Å². The summed E-state index contributed by atoms with van der Waals surface area (Å²) in [6.45, 7) is 2.09. The molecule has 5 nitrogen and oxygen atoms in total. The van der Waals surface area contributed by atoms with Gasteiger partial charge < -0.3 is 14.6 Å². The van der Waals surface area contributed by atoms with E-state index in [0.717, 1.165) is 34.4 Å². The molecule has 5 heteroatoms. The Morgan fingerprint density at radius 2 is 2.09 bits per heavy atom. The lowest BCUT2D eigenvalue weighted by Crippen LogP contribution is -2.04. The van der Waals surface area contributed by atoms with Crippen LogP contribution in [0.1, 0.15) is 22.8 Å². The average molecular weight is 309 g/mol. The summed E-state index contributed by atoms with van der Waals surface area (Å²) in [5.41, 5.74) is 5.56. The Balaban J connectivity index is 1.99. The molecule has 0 saturated heterocycles. The number of nitrogens with zero attached hydrogens (tertiary/aromatic N) is 2. The molecule has 1 aromatic heterocycles. The van der Waals surface area contributed by atoms with E-state index in [1.165, 1.54) is 7.11 Å². The lowest BCUT2D eigenvalue weighted by molar-refractivity contribution is 0.0601. The summed E-state index contributed by atoms with van der Waals surface area (Å²) in [5, 5.41) is 3.40. The van der Waals surface area contributed by atoms with Crippen molar-refractivity contribution in [1.82, 2.24) is 9.55 Å². The van der Waals surface area contributed by atoms with Crippen molar-refractivity contribution in [2.24, 2.45) is 7.05 Å². The van der Waals surface area contributed by atoms with Crippen LogP contribution in [-0.2, 0) is 18.2 Å². The predicted molar refractivity (Wildman–Crippen MR) is 91.2 cm³/mol. The van der Waals surface area contributed by atoms with Crippen LogP contribution >= 0.6 is 0 Å². The second-order valence-electron chi connectivity index (χ2n) is 5.40. The number of ether oxygens (including phenoxy) is 1. The van der Waals surface area contributed by atoms with Crippen molar-refractivity contribution in [2.75, 3.05) is 12.4 Å². The average Bonchev–Trinajstić information content (AvgIpc) is 2.95. The summed E-state index contributed by atoms with van der Waals surface area (Å²) in [7, 11) is 3.36. The second kappa shape index (κ2) is 6.12. The first-order valence-electron chi connectivity index (χ1n) is 7.51. The maximum atomic E-state index is 11.7. The number of nitrogens with one attached hydrogen (secondary N) is 1. The van der Waals surface area contributed by atoms with Crippen molar-refractivity contribution in [2.45, 2.75) is 13.3 Å². The van der Waals surface area contributed by atoms with Gasteiger partial charge in [0.15, 0.2) is 0 Å². The highest BCUT2D eigenvalue weighted by Gasteiger charge is 2.10. The molecule has 2 aromatic carbocycles. The fourth-order valence-corrected chi connectivity index (χ4v) is 2.61. The molecule has 1 heterocycles. The minimum atomic E-state index is -0.335. The van der Waals surface area contributed by atoms with Crippen molar-refractivity contribution in [3.05, 3.63) is 53.9 Å². The minimum Gasteiger partial charge on any atom is -0.465 e. The molecular formula is C18H19N3O2. The van der Waals surface area contributed by atoms with E-state index >= 15 is 0 Å². The van der Waals surface area contributed by atoms with Gasteiger partial charge in [-0.2, -0.15) is 0 Å². The smallest absolute Gasteiger partial charge is 0.337 e. The molecule has 118 valence electrons. The van der Waals surface area contributed by atoms with Gasteiger partial charge in [0.25, 0.3) is 0 Å². The van der Waals surface area contributed by atoms with Crippen molar-refractivity contribution in [3.8, 4) is 0 Å². The van der Waals surface area contributed by atoms with Gasteiger partial charge in [-0.3, -0.25) is 0 Å². The Morgan fingerprint density at radius 3 is 2.83 bits per heavy atom. The molecule has 0 atom stereocenters. The Morgan fingerprint density at radius 1 is 1.26 bits per heavy atom. The number of fused-ring (bicyclic) bond motifs is 1. The van der Waals surface area contributed by atoms with Crippen LogP contribution in [0.5, 0.6) is 0 Å². The molecule has 0 saturated carbocycles. The van der Waals surface area contributed by atoms with Crippen LogP contribution < -0.4 is 5.32 Å². The van der Waals surface area contributed by atoms with Gasteiger partial charge in [-0.15, -0.1) is 0 Å². The first kappa shape index (κ1) is 15.1. The Bertz CT molecular complexity index is 868. The summed E-state index contributed by atoms with van der Waals surface area (Å²) >= 11 is 0. The lowest BCUT2D eigenvalue weighted by atomic mass is 10.1. The molecule has 1 N–H and O–H groups in total. The summed E-state index contributed by atoms with van der Waals surface area (Å²) < 4.78 is 6.78. The third kappa shape index (κ3) is 2.90. The second-order valence-corrected chi connectivity index (χ2v) is 5.40. The minimum absolute atomic E-state index is 0.335. The normalized spacial score (nSPS) is 10.7. The van der Waals surface area contributed by atoms with Gasteiger partial charge in [0.05, 0.1) is 30.0 Å². The number of carbonyl (C=O) groups excluding carboxylic acids is 1. The number of carbonyl (C=O) groups is 1. The number of hydrogen-bond donors (Lipinski definition) is 1. The topological polar surface area (TPSA) is 56.1 Å². The maximum Gasteiger partial charge on any atom is 0.337 e. The van der Waals surface area contributed by atoms with Crippen molar-refractivity contribution >= 4 is 28.4 Å². The number of benzene rings is 2. The summed E-state index contributed by atoms with van der Waals surface area (Å²) in [6.07, 6.45) is 2.67. The van der Waals surface area contributed by atoms with Crippen LogP contribution in [0, 0.1) is 0 Å². The Hall–Kier alpha value is -2.82. The SMILES string of the molecule is CCc1ccc(C(=O)OC)cc1Nc1ccc2ncn(C)c2c1. The zero-order valence-corrected chi connectivity index (χ0v) is 13.5. The highest BCUT2D eigenvalue weighted by Crippen LogP contribution is 2.25. The van der Waals surface area contributed by atoms with Gasteiger partial charge >= 0.3 is 5.97 Å². The molecule has 0 fully saturated rings. The highest BCUT2D eigenvalue weighted by molar-refractivity contribution is 5.91. The number of hydrogen-bond acceptors (Lipinski definition) is 4. The van der Waals surface area contributed by atoms with E-state index < -0.39 is 0 Å². The molecule has 0 unspecified atom stereocenters. The predicted octanol–water partition coefficient (Wildman–Crippen LogP) is 3.67. The van der Waals surface area contributed by atoms with Crippen LogP contribution in [0.3, 0.4) is 0 Å². The summed E-state index contributed by atoms with van der Waals surface area (Å²) in [4.78, 5) is 16.1. The zero-order valence-electron chi connectivity index (χ0n) is 13.5. The van der Waals surface area contributed by atoms with E-state index in [2.05, 4.69) is 17.2 Å². The van der Waals surface area contributed by atoms with E-state index in [0.29, 0.717) is 5.56 Å². The number of aromatic nitrogens is 2. The monoisotopic (exact) mass is 309 g/mol. The third-order valence-electron chi connectivity index (χ3n) is 3.92. The molecule has 0 radical (unpaired) electrons. The van der Waals surface area contributed by atoms with E-state index in [-0.39, 0.29) is 5.97 Å². The highest BCUT2D eigenvalue weighted by atomic mass is 16.5. The molecule has 0 aliphatic carbocycles. The van der Waals surface area contributed by atoms with Crippen LogP contribution in [0.15, 0.2) is 42.7 Å². The van der Waals surface area contributed by atoms with Gasteiger partial charge in [-0.05, 0) is 42.3 Å². The first-order chi connectivity index (χ1) is 11.1. The van der Waals surface area contributed by atoms with E-state index in [4.69, 9.17) is 4.74 Å². The molecular weight excluding hydrogens is 290 g/mol. The van der Waals surface area contributed by atoms with Crippen molar-refractivity contribution < 1.29 is 9.53 Å². The van der Waals surface area contributed by atoms with E-state index in [1.807, 2.05) is 41.9 Å².